The Morgan fingerprint density at radius 3 is 2.69 bits per heavy atom. The van der Waals surface area contributed by atoms with Crippen molar-refractivity contribution < 1.29 is 19.1 Å². The summed E-state index contributed by atoms with van der Waals surface area (Å²) < 4.78 is 10.6. The largest absolute Gasteiger partial charge is 0.512 e. The van der Waals surface area contributed by atoms with Crippen molar-refractivity contribution in [3.05, 3.63) is 59.9 Å². The van der Waals surface area contributed by atoms with E-state index in [4.69, 9.17) is 14.9 Å². The minimum Gasteiger partial charge on any atom is -0.512 e. The number of nitrogens with one attached hydrogen (secondary N) is 1. The highest BCUT2D eigenvalue weighted by atomic mass is 16.5. The number of aliphatic hydroxyl groups excluding tert-OH is 1. The SMILES string of the molecule is COc1ccccc1NC(=O)C(/C=N/C(N)=N/c1nc2ccccc2o1)=C(\C)O. The van der Waals surface area contributed by atoms with Crippen LogP contribution in [-0.4, -0.2) is 35.3 Å². The number of nitrogens with zero attached hydrogens (tertiary/aromatic N) is 3. The van der Waals surface area contributed by atoms with Crippen LogP contribution in [0.5, 0.6) is 5.75 Å². The molecule has 9 nitrogen and oxygen atoms in total. The van der Waals surface area contributed by atoms with E-state index in [1.165, 1.54) is 14.0 Å². The standard InChI is InChI=1S/C20H19N5O4/c1-12(26)13(18(27)23-14-7-3-5-9-16(14)28-2)11-22-19(21)25-20-24-15-8-4-6-10-17(15)29-20/h3-11,26H,1-2H3,(H,23,27)(H2,21,24,25)/b13-12+,22-11+. The number of carbonyl (C=O) groups is 1. The number of benzene rings is 2. The lowest BCUT2D eigenvalue weighted by Crippen LogP contribution is -2.18. The minimum absolute atomic E-state index is 0.0329. The maximum atomic E-state index is 12.5. The number of aliphatic imine (C=N–C) groups is 2. The van der Waals surface area contributed by atoms with Gasteiger partial charge < -0.3 is 25.3 Å². The van der Waals surface area contributed by atoms with Gasteiger partial charge in [-0.05, 0) is 31.2 Å². The van der Waals surface area contributed by atoms with Crippen molar-refractivity contribution in [3.63, 3.8) is 0 Å². The Bertz CT molecular complexity index is 1090. The highest BCUT2D eigenvalue weighted by molar-refractivity contribution is 6.19. The van der Waals surface area contributed by atoms with Crippen LogP contribution < -0.4 is 15.8 Å². The number of amides is 1. The average molecular weight is 393 g/mol. The van der Waals surface area contributed by atoms with Gasteiger partial charge in [-0.15, -0.1) is 0 Å². The number of anilines is 1. The van der Waals surface area contributed by atoms with Gasteiger partial charge in [0.25, 0.3) is 5.91 Å². The third-order valence-electron chi connectivity index (χ3n) is 3.81. The number of ether oxygens (including phenoxy) is 1. The summed E-state index contributed by atoms with van der Waals surface area (Å²) in [4.78, 5) is 24.6. The summed E-state index contributed by atoms with van der Waals surface area (Å²) >= 11 is 0. The van der Waals surface area contributed by atoms with Crippen molar-refractivity contribution in [3.8, 4) is 5.75 Å². The molecule has 9 heteroatoms. The van der Waals surface area contributed by atoms with E-state index >= 15 is 0 Å². The van der Waals surface area contributed by atoms with E-state index in [1.807, 2.05) is 12.1 Å². The summed E-state index contributed by atoms with van der Waals surface area (Å²) in [7, 11) is 1.49. The Hall–Kier alpha value is -4.14. The zero-order valence-electron chi connectivity index (χ0n) is 15.8. The molecule has 0 saturated carbocycles. The number of aliphatic hydroxyl groups is 1. The number of para-hydroxylation sites is 4. The second-order valence-electron chi connectivity index (χ2n) is 5.85. The van der Waals surface area contributed by atoms with Crippen LogP contribution in [0.2, 0.25) is 0 Å². The predicted octanol–water partition coefficient (Wildman–Crippen LogP) is 3.32. The molecule has 3 rings (SSSR count). The number of hydrogen-bond donors (Lipinski definition) is 3. The van der Waals surface area contributed by atoms with Crippen molar-refractivity contribution in [2.45, 2.75) is 6.92 Å². The number of methoxy groups -OCH3 is 1. The first kappa shape index (κ1) is 19.6. The number of hydrogen-bond acceptors (Lipinski definition) is 6. The monoisotopic (exact) mass is 393 g/mol. The molecule has 0 bridgehead atoms. The molecule has 0 unspecified atom stereocenters. The third-order valence-corrected chi connectivity index (χ3v) is 3.81. The van der Waals surface area contributed by atoms with Gasteiger partial charge in [-0.3, -0.25) is 4.79 Å². The van der Waals surface area contributed by atoms with Crippen molar-refractivity contribution in [2.24, 2.45) is 15.7 Å². The van der Waals surface area contributed by atoms with Crippen molar-refractivity contribution in [1.29, 1.82) is 0 Å². The third kappa shape index (κ3) is 4.78. The molecule has 3 aromatic rings. The number of aromatic nitrogens is 1. The molecule has 1 amide bonds. The Labute approximate surface area is 166 Å². The fourth-order valence-electron chi connectivity index (χ4n) is 2.42. The van der Waals surface area contributed by atoms with Gasteiger partial charge in [0.2, 0.25) is 5.96 Å². The smallest absolute Gasteiger partial charge is 0.326 e. The summed E-state index contributed by atoms with van der Waals surface area (Å²) in [6.45, 7) is 1.36. The molecule has 1 heterocycles. The van der Waals surface area contributed by atoms with Crippen LogP contribution in [-0.2, 0) is 4.79 Å². The van der Waals surface area contributed by atoms with Crippen LogP contribution in [0.1, 0.15) is 6.92 Å². The van der Waals surface area contributed by atoms with Crippen molar-refractivity contribution >= 4 is 40.9 Å². The van der Waals surface area contributed by atoms with E-state index in [0.717, 1.165) is 6.21 Å². The number of fused-ring (bicyclic) bond motifs is 1. The van der Waals surface area contributed by atoms with Crippen molar-refractivity contribution in [2.75, 3.05) is 12.4 Å². The van der Waals surface area contributed by atoms with Gasteiger partial charge in [0, 0.05) is 6.21 Å². The van der Waals surface area contributed by atoms with E-state index in [2.05, 4.69) is 20.3 Å². The highest BCUT2D eigenvalue weighted by Gasteiger charge is 2.14. The fourth-order valence-corrected chi connectivity index (χ4v) is 2.42. The van der Waals surface area contributed by atoms with Gasteiger partial charge in [0.1, 0.15) is 17.0 Å². The molecule has 4 N–H and O–H groups in total. The second kappa shape index (κ2) is 8.70. The Balaban J connectivity index is 1.78. The number of rotatable bonds is 5. The number of carbonyl (C=O) groups excluding carboxylic acids is 1. The summed E-state index contributed by atoms with van der Waals surface area (Å²) in [5.41, 5.74) is 7.32. The molecule has 0 aliphatic rings. The van der Waals surface area contributed by atoms with Gasteiger partial charge in [0.05, 0.1) is 18.4 Å². The molecule has 2 aromatic carbocycles. The van der Waals surface area contributed by atoms with Crippen LogP contribution in [0.3, 0.4) is 0 Å². The molecule has 0 radical (unpaired) electrons. The number of guanidine groups is 1. The Kier molecular flexibility index (Phi) is 5.88. The minimum atomic E-state index is -0.590. The van der Waals surface area contributed by atoms with E-state index in [9.17, 15) is 9.90 Å². The molecule has 0 spiro atoms. The second-order valence-corrected chi connectivity index (χ2v) is 5.85. The number of nitrogens with two attached hydrogens (primary N) is 1. The lowest BCUT2D eigenvalue weighted by atomic mass is 10.2. The van der Waals surface area contributed by atoms with E-state index in [0.29, 0.717) is 22.5 Å². The van der Waals surface area contributed by atoms with Crippen LogP contribution in [0.4, 0.5) is 11.7 Å². The molecule has 148 valence electrons. The molecular weight excluding hydrogens is 374 g/mol. The number of allylic oxidation sites excluding steroid dienone is 1. The topological polar surface area (TPSA) is 135 Å². The normalized spacial score (nSPS) is 12.8. The quantitative estimate of drug-likeness (QED) is 0.263. The van der Waals surface area contributed by atoms with E-state index in [1.54, 1.807) is 36.4 Å². The Morgan fingerprint density at radius 1 is 1.24 bits per heavy atom. The zero-order valence-corrected chi connectivity index (χ0v) is 15.8. The van der Waals surface area contributed by atoms with E-state index in [-0.39, 0.29) is 23.3 Å². The van der Waals surface area contributed by atoms with Gasteiger partial charge >= 0.3 is 6.01 Å². The molecule has 1 aromatic heterocycles. The molecular formula is C20H19N5O4. The van der Waals surface area contributed by atoms with Gasteiger partial charge in [-0.1, -0.05) is 24.3 Å². The number of oxazole rings is 1. The van der Waals surface area contributed by atoms with Gasteiger partial charge in [-0.25, -0.2) is 4.99 Å². The van der Waals surface area contributed by atoms with Gasteiger partial charge in [-0.2, -0.15) is 9.98 Å². The van der Waals surface area contributed by atoms with Crippen LogP contribution >= 0.6 is 0 Å². The zero-order chi connectivity index (χ0) is 20.8. The molecule has 29 heavy (non-hydrogen) atoms. The maximum absolute atomic E-state index is 12.5. The lowest BCUT2D eigenvalue weighted by molar-refractivity contribution is -0.112. The molecule has 0 fully saturated rings. The highest BCUT2D eigenvalue weighted by Crippen LogP contribution is 2.23. The van der Waals surface area contributed by atoms with Crippen LogP contribution in [0.15, 0.2) is 74.3 Å². The first-order chi connectivity index (χ1) is 14.0. The Morgan fingerprint density at radius 2 is 1.97 bits per heavy atom. The molecule has 0 saturated heterocycles. The molecule has 0 aliphatic carbocycles. The maximum Gasteiger partial charge on any atom is 0.326 e. The molecule has 0 aliphatic heterocycles. The van der Waals surface area contributed by atoms with E-state index < -0.39 is 5.91 Å². The first-order valence-corrected chi connectivity index (χ1v) is 8.56. The lowest BCUT2D eigenvalue weighted by Gasteiger charge is -2.10. The van der Waals surface area contributed by atoms with Gasteiger partial charge in [0.15, 0.2) is 5.58 Å². The summed E-state index contributed by atoms with van der Waals surface area (Å²) in [5.74, 6) is -0.547. The van der Waals surface area contributed by atoms with Crippen molar-refractivity contribution in [1.82, 2.24) is 4.98 Å². The van der Waals surface area contributed by atoms with Crippen LogP contribution in [0, 0.1) is 0 Å². The molecule has 0 atom stereocenters. The van der Waals surface area contributed by atoms with Crippen LogP contribution in [0.25, 0.3) is 11.1 Å². The average Bonchev–Trinajstić information content (AvgIpc) is 3.10. The first-order valence-electron chi connectivity index (χ1n) is 8.56. The fraction of sp³-hybridized carbons (Fsp3) is 0.100. The summed E-state index contributed by atoms with van der Waals surface area (Å²) in [6.07, 6.45) is 1.11. The summed E-state index contributed by atoms with van der Waals surface area (Å²) in [5, 5.41) is 12.5. The summed E-state index contributed by atoms with van der Waals surface area (Å²) in [6, 6.07) is 14.1. The predicted molar refractivity (Wildman–Crippen MR) is 111 cm³/mol.